The summed E-state index contributed by atoms with van der Waals surface area (Å²) in [6.07, 6.45) is -0.0891. The molecule has 0 aliphatic rings. The SMILES string of the molecule is C[C@@H](NC(=O)[C@@H](C)NC(=O)[C@@H](N)CCP(C)(=O)O)C(=O)O. The molecule has 2 amide bonds. The second-order valence-electron chi connectivity index (χ2n) is 4.97. The summed E-state index contributed by atoms with van der Waals surface area (Å²) in [4.78, 5) is 43.0. The van der Waals surface area contributed by atoms with Gasteiger partial charge in [0, 0.05) is 12.8 Å². The van der Waals surface area contributed by atoms with Crippen LogP contribution in [0.15, 0.2) is 0 Å². The largest absolute Gasteiger partial charge is 0.480 e. The van der Waals surface area contributed by atoms with Crippen LogP contribution in [0, 0.1) is 0 Å². The van der Waals surface area contributed by atoms with Gasteiger partial charge in [0.2, 0.25) is 11.8 Å². The number of nitrogens with two attached hydrogens (primary N) is 1. The molecule has 0 spiro atoms. The van der Waals surface area contributed by atoms with Gasteiger partial charge in [0.1, 0.15) is 12.1 Å². The van der Waals surface area contributed by atoms with Gasteiger partial charge >= 0.3 is 5.97 Å². The van der Waals surface area contributed by atoms with Crippen LogP contribution in [-0.4, -0.2) is 58.7 Å². The Morgan fingerprint density at radius 1 is 1.14 bits per heavy atom. The maximum Gasteiger partial charge on any atom is 0.325 e. The van der Waals surface area contributed by atoms with Gasteiger partial charge < -0.3 is 26.4 Å². The number of carboxylic acids is 1. The van der Waals surface area contributed by atoms with E-state index >= 15 is 0 Å². The minimum absolute atomic E-state index is 0.00990. The molecule has 0 rings (SSSR count). The van der Waals surface area contributed by atoms with Gasteiger partial charge in [0.25, 0.3) is 0 Å². The Kier molecular flexibility index (Phi) is 7.56. The molecule has 0 aromatic carbocycles. The first kappa shape index (κ1) is 19.6. The normalized spacial score (nSPS) is 18.0. The zero-order chi connectivity index (χ0) is 16.8. The van der Waals surface area contributed by atoms with Gasteiger partial charge in [-0.1, -0.05) is 0 Å². The fraction of sp³-hybridized carbons (Fsp3) is 0.727. The summed E-state index contributed by atoms with van der Waals surface area (Å²) in [5.41, 5.74) is 5.55. The van der Waals surface area contributed by atoms with Gasteiger partial charge in [-0.25, -0.2) is 0 Å². The van der Waals surface area contributed by atoms with Crippen molar-refractivity contribution < 1.29 is 28.9 Å². The lowest BCUT2D eigenvalue weighted by Gasteiger charge is -2.19. The second kappa shape index (κ2) is 8.11. The van der Waals surface area contributed by atoms with Crippen molar-refractivity contribution in [2.24, 2.45) is 5.73 Å². The van der Waals surface area contributed by atoms with E-state index in [1.165, 1.54) is 20.5 Å². The molecule has 21 heavy (non-hydrogen) atoms. The Labute approximate surface area is 122 Å². The maximum atomic E-state index is 11.7. The zero-order valence-corrected chi connectivity index (χ0v) is 13.1. The lowest BCUT2D eigenvalue weighted by molar-refractivity contribution is -0.141. The molecule has 0 aromatic rings. The molecule has 6 N–H and O–H groups in total. The smallest absolute Gasteiger partial charge is 0.325 e. The van der Waals surface area contributed by atoms with Crippen molar-refractivity contribution in [2.45, 2.75) is 38.4 Å². The van der Waals surface area contributed by atoms with Crippen LogP contribution < -0.4 is 16.4 Å². The number of hydrogen-bond acceptors (Lipinski definition) is 5. The molecule has 9 nitrogen and oxygen atoms in total. The molecule has 0 aliphatic carbocycles. The zero-order valence-electron chi connectivity index (χ0n) is 12.2. The van der Waals surface area contributed by atoms with Crippen molar-refractivity contribution >= 4 is 25.2 Å². The molecule has 0 radical (unpaired) electrons. The van der Waals surface area contributed by atoms with Gasteiger partial charge in [-0.15, -0.1) is 0 Å². The van der Waals surface area contributed by atoms with E-state index in [2.05, 4.69) is 10.6 Å². The number of rotatable bonds is 8. The minimum Gasteiger partial charge on any atom is -0.480 e. The highest BCUT2D eigenvalue weighted by atomic mass is 31.2. The highest BCUT2D eigenvalue weighted by molar-refractivity contribution is 7.57. The Morgan fingerprint density at radius 3 is 2.05 bits per heavy atom. The van der Waals surface area contributed by atoms with Crippen molar-refractivity contribution in [1.29, 1.82) is 0 Å². The van der Waals surface area contributed by atoms with E-state index in [9.17, 15) is 18.9 Å². The molecule has 1 unspecified atom stereocenters. The molecule has 0 aliphatic heterocycles. The third kappa shape index (κ3) is 8.44. The van der Waals surface area contributed by atoms with Gasteiger partial charge in [-0.2, -0.15) is 0 Å². The number of hydrogen-bond donors (Lipinski definition) is 5. The molecule has 0 bridgehead atoms. The topological polar surface area (TPSA) is 159 Å². The third-order valence-corrected chi connectivity index (χ3v) is 3.76. The van der Waals surface area contributed by atoms with Crippen LogP contribution in [0.3, 0.4) is 0 Å². The average molecular weight is 323 g/mol. The first-order valence-corrected chi connectivity index (χ1v) is 8.61. The summed E-state index contributed by atoms with van der Waals surface area (Å²) in [6, 6.07) is -3.06. The summed E-state index contributed by atoms with van der Waals surface area (Å²) in [6.45, 7) is 3.84. The van der Waals surface area contributed by atoms with Crippen molar-refractivity contribution in [3.63, 3.8) is 0 Å². The third-order valence-electron chi connectivity index (χ3n) is 2.67. The summed E-state index contributed by atoms with van der Waals surface area (Å²) >= 11 is 0. The molecule has 10 heteroatoms. The molecule has 0 fully saturated rings. The van der Waals surface area contributed by atoms with Crippen LogP contribution in [0.2, 0.25) is 0 Å². The summed E-state index contributed by atoms with van der Waals surface area (Å²) in [7, 11) is -3.25. The van der Waals surface area contributed by atoms with Crippen LogP contribution in [0.1, 0.15) is 20.3 Å². The first-order chi connectivity index (χ1) is 9.44. The van der Waals surface area contributed by atoms with E-state index in [-0.39, 0.29) is 12.6 Å². The molecule has 0 saturated heterocycles. The number of carboxylic acid groups (broad SMARTS) is 1. The minimum atomic E-state index is -3.25. The standard InChI is InChI=1S/C11H22N3O6P/c1-6(9(15)14-7(2)11(17)18)13-10(16)8(12)4-5-21(3,19)20/h6-8H,4-5,12H2,1-3H3,(H,13,16)(H,14,15)(H,17,18)(H,19,20)/t6-,7-,8+/m1/s1. The van der Waals surface area contributed by atoms with E-state index < -0.39 is 43.3 Å². The molecule has 0 heterocycles. The van der Waals surface area contributed by atoms with Crippen LogP contribution in [-0.2, 0) is 18.9 Å². The molecule has 0 saturated carbocycles. The Bertz CT molecular complexity index is 449. The van der Waals surface area contributed by atoms with Crippen LogP contribution in [0.5, 0.6) is 0 Å². The van der Waals surface area contributed by atoms with Gasteiger partial charge in [-0.3, -0.25) is 18.9 Å². The molecule has 4 atom stereocenters. The van der Waals surface area contributed by atoms with E-state index in [0.717, 1.165) is 0 Å². The van der Waals surface area contributed by atoms with Crippen molar-refractivity contribution in [3.05, 3.63) is 0 Å². The lowest BCUT2D eigenvalue weighted by Crippen LogP contribution is -2.52. The van der Waals surface area contributed by atoms with E-state index in [1.54, 1.807) is 0 Å². The van der Waals surface area contributed by atoms with Crippen molar-refractivity contribution in [1.82, 2.24) is 10.6 Å². The van der Waals surface area contributed by atoms with E-state index in [1.807, 2.05) is 0 Å². The monoisotopic (exact) mass is 323 g/mol. The quantitative estimate of drug-likeness (QED) is 0.347. The summed E-state index contributed by atoms with van der Waals surface area (Å²) < 4.78 is 11.1. The number of carbonyl (C=O) groups is 3. The second-order valence-corrected chi connectivity index (χ2v) is 7.52. The lowest BCUT2D eigenvalue weighted by atomic mass is 10.2. The van der Waals surface area contributed by atoms with Gasteiger partial charge in [-0.05, 0) is 20.3 Å². The van der Waals surface area contributed by atoms with Crippen LogP contribution in [0.4, 0.5) is 0 Å². The highest BCUT2D eigenvalue weighted by Crippen LogP contribution is 2.35. The van der Waals surface area contributed by atoms with E-state index in [0.29, 0.717) is 0 Å². The van der Waals surface area contributed by atoms with Crippen LogP contribution in [0.25, 0.3) is 0 Å². The van der Waals surface area contributed by atoms with Crippen molar-refractivity contribution in [3.8, 4) is 0 Å². The predicted molar refractivity (Wildman–Crippen MR) is 76.1 cm³/mol. The first-order valence-electron chi connectivity index (χ1n) is 6.32. The maximum absolute atomic E-state index is 11.7. The van der Waals surface area contributed by atoms with Gasteiger partial charge in [0.15, 0.2) is 7.37 Å². The average Bonchev–Trinajstić information content (AvgIpc) is 2.34. The Morgan fingerprint density at radius 2 is 1.62 bits per heavy atom. The fourth-order valence-corrected chi connectivity index (χ4v) is 2.05. The number of nitrogens with one attached hydrogen (secondary N) is 2. The fourth-order valence-electron chi connectivity index (χ4n) is 1.30. The number of aliphatic carboxylic acids is 1. The number of carbonyl (C=O) groups excluding carboxylic acids is 2. The molecular formula is C11H22N3O6P. The van der Waals surface area contributed by atoms with Crippen LogP contribution >= 0.6 is 7.37 Å². The molecular weight excluding hydrogens is 301 g/mol. The Balaban J connectivity index is 4.33. The summed E-state index contributed by atoms with van der Waals surface area (Å²) in [5.74, 6) is -2.50. The van der Waals surface area contributed by atoms with Crippen molar-refractivity contribution in [2.75, 3.05) is 12.8 Å². The van der Waals surface area contributed by atoms with Gasteiger partial charge in [0.05, 0.1) is 6.04 Å². The predicted octanol–water partition coefficient (Wildman–Crippen LogP) is -1.30. The number of amides is 2. The van der Waals surface area contributed by atoms with E-state index in [4.69, 9.17) is 15.7 Å². The Hall–Kier alpha value is -1.44. The molecule has 0 aromatic heterocycles. The molecule has 122 valence electrons. The summed E-state index contributed by atoms with van der Waals surface area (Å²) in [5, 5.41) is 13.2. The highest BCUT2D eigenvalue weighted by Gasteiger charge is 2.23.